The standard InChI is InChI=1S/C8H19NO3/c1-7(6-10)9(2)5-8(11-3)12-4/h7-8,10H,5-6H2,1-4H3. The first-order valence-corrected chi connectivity index (χ1v) is 4.02. The number of ether oxygens (including phenoxy) is 2. The molecule has 0 aliphatic heterocycles. The summed E-state index contributed by atoms with van der Waals surface area (Å²) in [6.07, 6.45) is -0.219. The summed E-state index contributed by atoms with van der Waals surface area (Å²) >= 11 is 0. The van der Waals surface area contributed by atoms with E-state index >= 15 is 0 Å². The SMILES string of the molecule is COC(CN(C)C(C)CO)OC. The number of likely N-dealkylation sites (N-methyl/N-ethyl adjacent to an activating group) is 1. The largest absolute Gasteiger partial charge is 0.395 e. The Kier molecular flexibility index (Phi) is 6.28. The van der Waals surface area contributed by atoms with Crippen LogP contribution in [0.25, 0.3) is 0 Å². The van der Waals surface area contributed by atoms with Gasteiger partial charge in [0.15, 0.2) is 6.29 Å². The third-order valence-corrected chi connectivity index (χ3v) is 1.98. The molecule has 12 heavy (non-hydrogen) atoms. The van der Waals surface area contributed by atoms with Gasteiger partial charge in [0.2, 0.25) is 0 Å². The van der Waals surface area contributed by atoms with Crippen LogP contribution >= 0.6 is 0 Å². The molecule has 4 heteroatoms. The maximum atomic E-state index is 8.84. The maximum absolute atomic E-state index is 8.84. The Morgan fingerprint density at radius 3 is 2.17 bits per heavy atom. The first-order chi connectivity index (χ1) is 5.65. The van der Waals surface area contributed by atoms with E-state index in [-0.39, 0.29) is 18.9 Å². The number of hydrogen-bond donors (Lipinski definition) is 1. The van der Waals surface area contributed by atoms with Gasteiger partial charge in [0.25, 0.3) is 0 Å². The molecule has 0 saturated heterocycles. The van der Waals surface area contributed by atoms with Crippen molar-refractivity contribution in [1.82, 2.24) is 4.90 Å². The number of aliphatic hydroxyl groups excluding tert-OH is 1. The van der Waals surface area contributed by atoms with Crippen molar-refractivity contribution in [2.45, 2.75) is 19.3 Å². The van der Waals surface area contributed by atoms with Gasteiger partial charge in [-0.2, -0.15) is 0 Å². The fraction of sp³-hybridized carbons (Fsp3) is 1.00. The van der Waals surface area contributed by atoms with E-state index in [0.29, 0.717) is 6.54 Å². The van der Waals surface area contributed by atoms with E-state index in [2.05, 4.69) is 0 Å². The molecule has 0 aromatic heterocycles. The smallest absolute Gasteiger partial charge is 0.169 e. The zero-order valence-electron chi connectivity index (χ0n) is 8.28. The number of nitrogens with zero attached hydrogens (tertiary/aromatic N) is 1. The molecule has 0 spiro atoms. The molecule has 0 saturated carbocycles. The highest BCUT2D eigenvalue weighted by Crippen LogP contribution is 1.99. The molecule has 74 valence electrons. The normalized spacial score (nSPS) is 14.2. The maximum Gasteiger partial charge on any atom is 0.169 e. The van der Waals surface area contributed by atoms with Gasteiger partial charge in [-0.05, 0) is 14.0 Å². The van der Waals surface area contributed by atoms with Crippen LogP contribution in [0.15, 0.2) is 0 Å². The van der Waals surface area contributed by atoms with E-state index in [9.17, 15) is 0 Å². The second kappa shape index (κ2) is 6.37. The minimum atomic E-state index is -0.219. The molecule has 1 atom stereocenters. The zero-order chi connectivity index (χ0) is 9.56. The molecular formula is C8H19NO3. The monoisotopic (exact) mass is 177 g/mol. The molecule has 0 bridgehead atoms. The van der Waals surface area contributed by atoms with Crippen LogP contribution in [0, 0.1) is 0 Å². The van der Waals surface area contributed by atoms with Crippen molar-refractivity contribution >= 4 is 0 Å². The van der Waals surface area contributed by atoms with Crippen LogP contribution in [-0.4, -0.2) is 56.8 Å². The fourth-order valence-electron chi connectivity index (χ4n) is 0.800. The lowest BCUT2D eigenvalue weighted by Gasteiger charge is -2.26. The third-order valence-electron chi connectivity index (χ3n) is 1.98. The summed E-state index contributed by atoms with van der Waals surface area (Å²) in [4.78, 5) is 1.98. The molecule has 0 heterocycles. The van der Waals surface area contributed by atoms with Crippen LogP contribution in [0.1, 0.15) is 6.92 Å². The van der Waals surface area contributed by atoms with Gasteiger partial charge in [-0.3, -0.25) is 4.90 Å². The minimum Gasteiger partial charge on any atom is -0.395 e. The van der Waals surface area contributed by atoms with E-state index in [4.69, 9.17) is 14.6 Å². The van der Waals surface area contributed by atoms with Gasteiger partial charge >= 0.3 is 0 Å². The van der Waals surface area contributed by atoms with Crippen LogP contribution < -0.4 is 0 Å². The number of hydrogen-bond acceptors (Lipinski definition) is 4. The van der Waals surface area contributed by atoms with Gasteiger partial charge in [0, 0.05) is 26.8 Å². The van der Waals surface area contributed by atoms with Crippen molar-refractivity contribution in [1.29, 1.82) is 0 Å². The quantitative estimate of drug-likeness (QED) is 0.576. The van der Waals surface area contributed by atoms with Gasteiger partial charge in [-0.1, -0.05) is 0 Å². The Hall–Kier alpha value is -0.160. The Morgan fingerprint density at radius 2 is 1.83 bits per heavy atom. The summed E-state index contributed by atoms with van der Waals surface area (Å²) in [6, 6.07) is 0.137. The molecule has 0 aromatic carbocycles. The van der Waals surface area contributed by atoms with Gasteiger partial charge in [-0.25, -0.2) is 0 Å². The fourth-order valence-corrected chi connectivity index (χ4v) is 0.800. The Labute approximate surface area is 74.1 Å². The second-order valence-electron chi connectivity index (χ2n) is 2.87. The van der Waals surface area contributed by atoms with Gasteiger partial charge in [-0.15, -0.1) is 0 Å². The first-order valence-electron chi connectivity index (χ1n) is 4.02. The predicted molar refractivity (Wildman–Crippen MR) is 47.0 cm³/mol. The summed E-state index contributed by atoms with van der Waals surface area (Å²) in [7, 11) is 5.13. The number of aliphatic hydroxyl groups is 1. The highest BCUT2D eigenvalue weighted by atomic mass is 16.7. The van der Waals surface area contributed by atoms with E-state index in [1.807, 2.05) is 18.9 Å². The van der Waals surface area contributed by atoms with Crippen LogP contribution in [0.2, 0.25) is 0 Å². The number of methoxy groups -OCH3 is 2. The highest BCUT2D eigenvalue weighted by molar-refractivity contribution is 4.62. The number of rotatable bonds is 6. The Morgan fingerprint density at radius 1 is 1.33 bits per heavy atom. The third kappa shape index (κ3) is 4.01. The molecule has 0 radical (unpaired) electrons. The van der Waals surface area contributed by atoms with Crippen molar-refractivity contribution in [3.05, 3.63) is 0 Å². The molecular weight excluding hydrogens is 158 g/mol. The van der Waals surface area contributed by atoms with E-state index in [0.717, 1.165) is 0 Å². The Bertz CT molecular complexity index is 106. The van der Waals surface area contributed by atoms with Crippen molar-refractivity contribution in [2.75, 3.05) is 34.4 Å². The molecule has 1 N–H and O–H groups in total. The lowest BCUT2D eigenvalue weighted by molar-refractivity contribution is -0.118. The van der Waals surface area contributed by atoms with Crippen molar-refractivity contribution in [3.63, 3.8) is 0 Å². The van der Waals surface area contributed by atoms with E-state index in [1.54, 1.807) is 14.2 Å². The molecule has 0 rings (SSSR count). The Balaban J connectivity index is 3.72. The van der Waals surface area contributed by atoms with Crippen LogP contribution in [0.5, 0.6) is 0 Å². The molecule has 0 aliphatic rings. The summed E-state index contributed by atoms with van der Waals surface area (Å²) in [5.41, 5.74) is 0. The molecule has 0 fully saturated rings. The van der Waals surface area contributed by atoms with Crippen molar-refractivity contribution in [3.8, 4) is 0 Å². The minimum absolute atomic E-state index is 0.137. The zero-order valence-corrected chi connectivity index (χ0v) is 8.28. The average molecular weight is 177 g/mol. The van der Waals surface area contributed by atoms with Crippen LogP contribution in [0.3, 0.4) is 0 Å². The second-order valence-corrected chi connectivity index (χ2v) is 2.87. The first kappa shape index (κ1) is 11.8. The summed E-state index contributed by atoms with van der Waals surface area (Å²) < 4.78 is 10.0. The van der Waals surface area contributed by atoms with E-state index < -0.39 is 0 Å². The molecule has 0 aromatic rings. The van der Waals surface area contributed by atoms with Gasteiger partial charge in [0.05, 0.1) is 6.61 Å². The summed E-state index contributed by atoms with van der Waals surface area (Å²) in [5.74, 6) is 0. The molecule has 1 unspecified atom stereocenters. The van der Waals surface area contributed by atoms with Crippen LogP contribution in [0.4, 0.5) is 0 Å². The average Bonchev–Trinajstić information content (AvgIpc) is 2.12. The van der Waals surface area contributed by atoms with Crippen LogP contribution in [-0.2, 0) is 9.47 Å². The van der Waals surface area contributed by atoms with E-state index in [1.165, 1.54) is 0 Å². The van der Waals surface area contributed by atoms with Gasteiger partial charge < -0.3 is 14.6 Å². The predicted octanol–water partition coefficient (Wildman–Crippen LogP) is -0.0821. The summed E-state index contributed by atoms with van der Waals surface area (Å²) in [6.45, 7) is 2.76. The highest BCUT2D eigenvalue weighted by Gasteiger charge is 2.13. The molecule has 0 amide bonds. The lowest BCUT2D eigenvalue weighted by atomic mass is 10.3. The topological polar surface area (TPSA) is 41.9 Å². The molecule has 0 aliphatic carbocycles. The molecule has 4 nitrogen and oxygen atoms in total. The van der Waals surface area contributed by atoms with Crippen molar-refractivity contribution < 1.29 is 14.6 Å². The van der Waals surface area contributed by atoms with Gasteiger partial charge in [0.1, 0.15) is 0 Å². The summed E-state index contributed by atoms with van der Waals surface area (Å²) in [5, 5.41) is 8.84. The lowest BCUT2D eigenvalue weighted by Crippen LogP contribution is -2.39. The van der Waals surface area contributed by atoms with Crippen molar-refractivity contribution in [2.24, 2.45) is 0 Å².